The fourth-order valence-corrected chi connectivity index (χ4v) is 2.92. The van der Waals surface area contributed by atoms with Crippen molar-refractivity contribution in [1.82, 2.24) is 5.32 Å². The van der Waals surface area contributed by atoms with E-state index in [0.29, 0.717) is 17.7 Å². The normalized spacial score (nSPS) is 15.4. The summed E-state index contributed by atoms with van der Waals surface area (Å²) in [5.41, 5.74) is 2.77. The van der Waals surface area contributed by atoms with Crippen molar-refractivity contribution in [3.05, 3.63) is 58.4 Å². The quantitative estimate of drug-likeness (QED) is 0.899. The first kappa shape index (κ1) is 17.3. The number of carbonyl (C=O) groups is 1. The molecule has 0 saturated carbocycles. The van der Waals surface area contributed by atoms with Gasteiger partial charge in [0.05, 0.1) is 6.61 Å². The van der Waals surface area contributed by atoms with Crippen molar-refractivity contribution in [2.45, 2.75) is 39.8 Å². The fourth-order valence-electron chi connectivity index (χ4n) is 2.92. The van der Waals surface area contributed by atoms with Gasteiger partial charge in [0.1, 0.15) is 23.4 Å². The summed E-state index contributed by atoms with van der Waals surface area (Å²) >= 11 is 0. The van der Waals surface area contributed by atoms with Gasteiger partial charge >= 0.3 is 0 Å². The molecule has 0 radical (unpaired) electrons. The Labute approximate surface area is 147 Å². The van der Waals surface area contributed by atoms with E-state index in [-0.39, 0.29) is 24.4 Å². The van der Waals surface area contributed by atoms with E-state index >= 15 is 0 Å². The monoisotopic (exact) mass is 343 g/mol. The number of nitrogens with one attached hydrogen (secondary N) is 1. The molecular weight excluding hydrogens is 321 g/mol. The number of aryl methyl sites for hydroxylation is 1. The SMILES string of the molecule is CCOc1cc2c(cc1CNC(=O)c1ccc(C)c(F)c1)O[C@H](C)C2. The van der Waals surface area contributed by atoms with E-state index in [0.717, 1.165) is 29.0 Å². The lowest BCUT2D eigenvalue weighted by Crippen LogP contribution is -2.23. The van der Waals surface area contributed by atoms with Crippen LogP contribution in [-0.2, 0) is 13.0 Å². The number of hydrogen-bond acceptors (Lipinski definition) is 3. The van der Waals surface area contributed by atoms with Gasteiger partial charge in [0, 0.05) is 29.7 Å². The highest BCUT2D eigenvalue weighted by Gasteiger charge is 2.22. The average molecular weight is 343 g/mol. The lowest BCUT2D eigenvalue weighted by molar-refractivity contribution is 0.0950. The Morgan fingerprint density at radius 2 is 2.16 bits per heavy atom. The third-order valence-corrected chi connectivity index (χ3v) is 4.25. The van der Waals surface area contributed by atoms with Crippen LogP contribution in [0.3, 0.4) is 0 Å². The molecule has 1 N–H and O–H groups in total. The van der Waals surface area contributed by atoms with Crippen LogP contribution in [0.1, 0.15) is 40.9 Å². The molecule has 3 rings (SSSR count). The molecule has 0 unspecified atom stereocenters. The number of carbonyl (C=O) groups excluding carboxylic acids is 1. The standard InChI is InChI=1S/C20H22FNO3/c1-4-24-18-9-15-7-13(3)25-19(15)10-16(18)11-22-20(23)14-6-5-12(2)17(21)8-14/h5-6,8-10,13H,4,7,11H2,1-3H3,(H,22,23)/t13-/m1/s1. The summed E-state index contributed by atoms with van der Waals surface area (Å²) in [7, 11) is 0. The first-order chi connectivity index (χ1) is 12.0. The summed E-state index contributed by atoms with van der Waals surface area (Å²) in [5, 5.41) is 2.82. The molecule has 1 amide bonds. The Balaban J connectivity index is 1.77. The van der Waals surface area contributed by atoms with Crippen molar-refractivity contribution in [2.24, 2.45) is 0 Å². The second-order valence-corrected chi connectivity index (χ2v) is 6.28. The number of ether oxygens (including phenoxy) is 2. The Morgan fingerprint density at radius 3 is 2.88 bits per heavy atom. The van der Waals surface area contributed by atoms with Crippen LogP contribution < -0.4 is 14.8 Å². The molecule has 0 bridgehead atoms. The zero-order valence-electron chi connectivity index (χ0n) is 14.7. The molecule has 25 heavy (non-hydrogen) atoms. The van der Waals surface area contributed by atoms with Gasteiger partial charge in [0.25, 0.3) is 5.91 Å². The van der Waals surface area contributed by atoms with Crippen LogP contribution in [-0.4, -0.2) is 18.6 Å². The van der Waals surface area contributed by atoms with Gasteiger partial charge in [-0.1, -0.05) is 6.07 Å². The zero-order chi connectivity index (χ0) is 18.0. The van der Waals surface area contributed by atoms with Gasteiger partial charge in [0.15, 0.2) is 0 Å². The Hall–Kier alpha value is -2.56. The van der Waals surface area contributed by atoms with Crippen LogP contribution in [0.25, 0.3) is 0 Å². The second-order valence-electron chi connectivity index (χ2n) is 6.28. The van der Waals surface area contributed by atoms with E-state index in [4.69, 9.17) is 9.47 Å². The summed E-state index contributed by atoms with van der Waals surface area (Å²) in [5.74, 6) is 0.870. The van der Waals surface area contributed by atoms with Crippen LogP contribution in [0.15, 0.2) is 30.3 Å². The zero-order valence-corrected chi connectivity index (χ0v) is 14.7. The molecular formula is C20H22FNO3. The molecule has 0 aliphatic carbocycles. The van der Waals surface area contributed by atoms with Gasteiger partial charge in [0.2, 0.25) is 0 Å². The molecule has 5 heteroatoms. The molecule has 0 aromatic heterocycles. The number of halogens is 1. The first-order valence-electron chi connectivity index (χ1n) is 8.47. The highest BCUT2D eigenvalue weighted by molar-refractivity contribution is 5.94. The van der Waals surface area contributed by atoms with Crippen molar-refractivity contribution in [3.8, 4) is 11.5 Å². The summed E-state index contributed by atoms with van der Waals surface area (Å²) in [6, 6.07) is 8.36. The number of benzene rings is 2. The highest BCUT2D eigenvalue weighted by atomic mass is 19.1. The smallest absolute Gasteiger partial charge is 0.251 e. The lowest BCUT2D eigenvalue weighted by Gasteiger charge is -2.13. The van der Waals surface area contributed by atoms with Gasteiger partial charge in [-0.25, -0.2) is 4.39 Å². The van der Waals surface area contributed by atoms with E-state index in [1.807, 2.05) is 26.0 Å². The molecule has 0 fully saturated rings. The van der Waals surface area contributed by atoms with E-state index in [2.05, 4.69) is 5.32 Å². The van der Waals surface area contributed by atoms with Crippen LogP contribution in [0.4, 0.5) is 4.39 Å². The molecule has 1 aliphatic rings. The van der Waals surface area contributed by atoms with Gasteiger partial charge in [-0.3, -0.25) is 4.79 Å². The highest BCUT2D eigenvalue weighted by Crippen LogP contribution is 2.35. The Morgan fingerprint density at radius 1 is 1.36 bits per heavy atom. The number of fused-ring (bicyclic) bond motifs is 1. The first-order valence-corrected chi connectivity index (χ1v) is 8.47. The predicted octanol–water partition coefficient (Wildman–Crippen LogP) is 3.79. The van der Waals surface area contributed by atoms with Crippen molar-refractivity contribution >= 4 is 5.91 Å². The minimum atomic E-state index is -0.387. The molecule has 2 aromatic carbocycles. The van der Waals surface area contributed by atoms with Gasteiger partial charge in [-0.2, -0.15) is 0 Å². The van der Waals surface area contributed by atoms with Gasteiger partial charge < -0.3 is 14.8 Å². The average Bonchev–Trinajstić information content (AvgIpc) is 2.94. The molecule has 2 aromatic rings. The van der Waals surface area contributed by atoms with Crippen molar-refractivity contribution in [3.63, 3.8) is 0 Å². The molecule has 0 spiro atoms. The Bertz CT molecular complexity index is 804. The maximum atomic E-state index is 13.6. The van der Waals surface area contributed by atoms with E-state index in [1.54, 1.807) is 19.1 Å². The predicted molar refractivity (Wildman–Crippen MR) is 93.7 cm³/mol. The van der Waals surface area contributed by atoms with Crippen molar-refractivity contribution in [2.75, 3.05) is 6.61 Å². The second kappa shape index (κ2) is 7.13. The van der Waals surface area contributed by atoms with E-state index in [1.165, 1.54) is 6.07 Å². The molecule has 4 nitrogen and oxygen atoms in total. The topological polar surface area (TPSA) is 47.6 Å². The van der Waals surface area contributed by atoms with Crippen LogP contribution in [0.5, 0.6) is 11.5 Å². The Kier molecular flexibility index (Phi) is 4.93. The molecule has 132 valence electrons. The summed E-state index contributed by atoms with van der Waals surface area (Å²) in [6.07, 6.45) is 0.995. The van der Waals surface area contributed by atoms with Crippen molar-refractivity contribution in [1.29, 1.82) is 0 Å². The maximum Gasteiger partial charge on any atom is 0.251 e. The van der Waals surface area contributed by atoms with Gasteiger partial charge in [-0.05, 0) is 50.6 Å². The number of rotatable bonds is 5. The number of hydrogen-bond donors (Lipinski definition) is 1. The molecule has 1 aliphatic heterocycles. The maximum absolute atomic E-state index is 13.6. The minimum Gasteiger partial charge on any atom is -0.494 e. The molecule has 0 saturated heterocycles. The van der Waals surface area contributed by atoms with E-state index < -0.39 is 0 Å². The largest absolute Gasteiger partial charge is 0.494 e. The minimum absolute atomic E-state index is 0.143. The third-order valence-electron chi connectivity index (χ3n) is 4.25. The third kappa shape index (κ3) is 3.76. The van der Waals surface area contributed by atoms with Crippen molar-refractivity contribution < 1.29 is 18.7 Å². The van der Waals surface area contributed by atoms with E-state index in [9.17, 15) is 9.18 Å². The summed E-state index contributed by atoms with van der Waals surface area (Å²) < 4.78 is 25.1. The number of amides is 1. The van der Waals surface area contributed by atoms with Crippen LogP contribution in [0, 0.1) is 12.7 Å². The van der Waals surface area contributed by atoms with Crippen LogP contribution in [0.2, 0.25) is 0 Å². The summed E-state index contributed by atoms with van der Waals surface area (Å²) in [4.78, 5) is 12.3. The summed E-state index contributed by atoms with van der Waals surface area (Å²) in [6.45, 7) is 6.43. The lowest BCUT2D eigenvalue weighted by atomic mass is 10.1. The van der Waals surface area contributed by atoms with Gasteiger partial charge in [-0.15, -0.1) is 0 Å². The van der Waals surface area contributed by atoms with Crippen LogP contribution >= 0.6 is 0 Å². The molecule has 1 heterocycles. The molecule has 1 atom stereocenters. The fraction of sp³-hybridized carbons (Fsp3) is 0.350.